The summed E-state index contributed by atoms with van der Waals surface area (Å²) in [6.07, 6.45) is 1.64. The molecular weight excluding hydrogens is 311 g/mol. The number of pyridine rings is 1. The maximum absolute atomic E-state index is 12.9. The largest absolute Gasteiger partial charge is 0.392 e. The van der Waals surface area contributed by atoms with Crippen LogP contribution < -0.4 is 5.32 Å². The first-order valence-corrected chi connectivity index (χ1v) is 7.55. The Bertz CT molecular complexity index is 785. The van der Waals surface area contributed by atoms with Crippen molar-refractivity contribution in [3.63, 3.8) is 0 Å². The minimum absolute atomic E-state index is 0.275. The Kier molecular flexibility index (Phi) is 4.81. The molecule has 0 bridgehead atoms. The second-order valence-corrected chi connectivity index (χ2v) is 5.48. The molecule has 0 amide bonds. The van der Waals surface area contributed by atoms with Crippen molar-refractivity contribution < 1.29 is 14.0 Å². The SMILES string of the molecule is CC(O)CNc1ccc(-c2nc(Cc3ccc(F)cc3)no2)cn1. The first-order chi connectivity index (χ1) is 11.6. The van der Waals surface area contributed by atoms with Gasteiger partial charge in [0.25, 0.3) is 5.89 Å². The molecule has 0 saturated carbocycles. The van der Waals surface area contributed by atoms with Gasteiger partial charge >= 0.3 is 0 Å². The van der Waals surface area contributed by atoms with E-state index in [0.717, 1.165) is 5.56 Å². The second kappa shape index (κ2) is 7.18. The number of anilines is 1. The average molecular weight is 328 g/mol. The summed E-state index contributed by atoms with van der Waals surface area (Å²) in [5.41, 5.74) is 1.61. The van der Waals surface area contributed by atoms with Gasteiger partial charge in [-0.3, -0.25) is 0 Å². The van der Waals surface area contributed by atoms with Gasteiger partial charge < -0.3 is 14.9 Å². The van der Waals surface area contributed by atoms with Gasteiger partial charge in [0.1, 0.15) is 11.6 Å². The number of nitrogens with one attached hydrogen (secondary N) is 1. The van der Waals surface area contributed by atoms with Crippen LogP contribution in [0.2, 0.25) is 0 Å². The van der Waals surface area contributed by atoms with Crippen molar-refractivity contribution in [2.75, 3.05) is 11.9 Å². The molecule has 3 rings (SSSR count). The highest BCUT2D eigenvalue weighted by Crippen LogP contribution is 2.18. The normalized spacial score (nSPS) is 12.1. The van der Waals surface area contributed by atoms with E-state index in [-0.39, 0.29) is 5.82 Å². The van der Waals surface area contributed by atoms with Crippen molar-refractivity contribution in [1.82, 2.24) is 15.1 Å². The van der Waals surface area contributed by atoms with E-state index in [0.29, 0.717) is 36.1 Å². The van der Waals surface area contributed by atoms with Crippen LogP contribution in [0.5, 0.6) is 0 Å². The number of halogens is 1. The van der Waals surface area contributed by atoms with Crippen LogP contribution >= 0.6 is 0 Å². The van der Waals surface area contributed by atoms with Gasteiger partial charge in [-0.1, -0.05) is 17.3 Å². The van der Waals surface area contributed by atoms with E-state index >= 15 is 0 Å². The fraction of sp³-hybridized carbons (Fsp3) is 0.235. The van der Waals surface area contributed by atoms with E-state index in [1.165, 1.54) is 12.1 Å². The Labute approximate surface area is 138 Å². The summed E-state index contributed by atoms with van der Waals surface area (Å²) >= 11 is 0. The molecule has 124 valence electrons. The summed E-state index contributed by atoms with van der Waals surface area (Å²) in [6, 6.07) is 9.78. The Morgan fingerprint density at radius 2 is 2.00 bits per heavy atom. The molecule has 0 saturated heterocycles. The van der Waals surface area contributed by atoms with Gasteiger partial charge in [-0.05, 0) is 36.8 Å². The van der Waals surface area contributed by atoms with E-state index in [2.05, 4.69) is 20.4 Å². The van der Waals surface area contributed by atoms with Crippen LogP contribution in [0.4, 0.5) is 10.2 Å². The molecule has 24 heavy (non-hydrogen) atoms. The topological polar surface area (TPSA) is 84.1 Å². The smallest absolute Gasteiger partial charge is 0.259 e. The molecule has 0 radical (unpaired) electrons. The van der Waals surface area contributed by atoms with Gasteiger partial charge in [0, 0.05) is 19.2 Å². The lowest BCUT2D eigenvalue weighted by molar-refractivity contribution is 0.208. The Balaban J connectivity index is 1.67. The Morgan fingerprint density at radius 1 is 1.21 bits per heavy atom. The zero-order chi connectivity index (χ0) is 16.9. The maximum atomic E-state index is 12.9. The number of aliphatic hydroxyl groups excluding tert-OH is 1. The molecule has 3 aromatic rings. The van der Waals surface area contributed by atoms with E-state index in [4.69, 9.17) is 4.52 Å². The molecular formula is C17H17FN4O2. The van der Waals surface area contributed by atoms with Crippen LogP contribution in [0.3, 0.4) is 0 Å². The molecule has 2 N–H and O–H groups in total. The Morgan fingerprint density at radius 3 is 2.67 bits per heavy atom. The van der Waals surface area contributed by atoms with Crippen molar-refractivity contribution in [2.24, 2.45) is 0 Å². The van der Waals surface area contributed by atoms with Gasteiger partial charge in [0.05, 0.1) is 11.7 Å². The summed E-state index contributed by atoms with van der Waals surface area (Å²) < 4.78 is 18.2. The highest BCUT2D eigenvalue weighted by atomic mass is 19.1. The highest BCUT2D eigenvalue weighted by molar-refractivity contribution is 5.54. The molecule has 0 aliphatic heterocycles. The standard InChI is InChI=1S/C17H17FN4O2/c1-11(23)9-19-15-7-4-13(10-20-15)17-21-16(22-24-17)8-12-2-5-14(18)6-3-12/h2-7,10-11,23H,8-9H2,1H3,(H,19,20). The van der Waals surface area contributed by atoms with Gasteiger partial charge in [-0.2, -0.15) is 4.98 Å². The lowest BCUT2D eigenvalue weighted by Gasteiger charge is -2.07. The van der Waals surface area contributed by atoms with Crippen molar-refractivity contribution >= 4 is 5.82 Å². The summed E-state index contributed by atoms with van der Waals surface area (Å²) in [6.45, 7) is 2.12. The molecule has 7 heteroatoms. The molecule has 2 heterocycles. The molecule has 1 atom stereocenters. The van der Waals surface area contributed by atoms with E-state index in [1.807, 2.05) is 6.07 Å². The minimum Gasteiger partial charge on any atom is -0.392 e. The van der Waals surface area contributed by atoms with Crippen LogP contribution in [-0.4, -0.2) is 32.9 Å². The molecule has 0 aliphatic carbocycles. The van der Waals surface area contributed by atoms with Crippen LogP contribution in [0, 0.1) is 5.82 Å². The number of aromatic nitrogens is 3. The van der Waals surface area contributed by atoms with Gasteiger partial charge in [-0.25, -0.2) is 9.37 Å². The van der Waals surface area contributed by atoms with Crippen LogP contribution in [0.15, 0.2) is 47.1 Å². The van der Waals surface area contributed by atoms with Crippen LogP contribution in [0.25, 0.3) is 11.5 Å². The summed E-state index contributed by atoms with van der Waals surface area (Å²) in [5.74, 6) is 1.28. The minimum atomic E-state index is -0.448. The number of nitrogens with zero attached hydrogens (tertiary/aromatic N) is 3. The average Bonchev–Trinajstić information content (AvgIpc) is 3.04. The number of hydrogen-bond donors (Lipinski definition) is 2. The Hall–Kier alpha value is -2.80. The first kappa shape index (κ1) is 16.1. The van der Waals surface area contributed by atoms with Gasteiger partial charge in [0.15, 0.2) is 5.82 Å². The molecule has 6 nitrogen and oxygen atoms in total. The highest BCUT2D eigenvalue weighted by Gasteiger charge is 2.10. The van der Waals surface area contributed by atoms with E-state index < -0.39 is 6.10 Å². The number of rotatable bonds is 6. The monoisotopic (exact) mass is 328 g/mol. The predicted molar refractivity (Wildman–Crippen MR) is 86.9 cm³/mol. The maximum Gasteiger partial charge on any atom is 0.259 e. The molecule has 2 aromatic heterocycles. The predicted octanol–water partition coefficient (Wildman–Crippen LogP) is 2.65. The third-order valence-electron chi connectivity index (χ3n) is 3.33. The molecule has 0 aliphatic rings. The summed E-state index contributed by atoms with van der Waals surface area (Å²) in [7, 11) is 0. The fourth-order valence-corrected chi connectivity index (χ4v) is 2.11. The quantitative estimate of drug-likeness (QED) is 0.724. The number of hydrogen-bond acceptors (Lipinski definition) is 6. The number of aliphatic hydroxyl groups is 1. The van der Waals surface area contributed by atoms with Crippen LogP contribution in [0.1, 0.15) is 18.3 Å². The molecule has 1 unspecified atom stereocenters. The van der Waals surface area contributed by atoms with Crippen molar-refractivity contribution in [2.45, 2.75) is 19.4 Å². The third kappa shape index (κ3) is 4.14. The van der Waals surface area contributed by atoms with Crippen molar-refractivity contribution in [3.05, 3.63) is 59.8 Å². The first-order valence-electron chi connectivity index (χ1n) is 7.55. The lowest BCUT2D eigenvalue weighted by Crippen LogP contribution is -2.15. The van der Waals surface area contributed by atoms with Crippen LogP contribution in [-0.2, 0) is 6.42 Å². The summed E-state index contributed by atoms with van der Waals surface area (Å²) in [5, 5.41) is 16.2. The summed E-state index contributed by atoms with van der Waals surface area (Å²) in [4.78, 5) is 8.57. The van der Waals surface area contributed by atoms with E-state index in [1.54, 1.807) is 31.3 Å². The van der Waals surface area contributed by atoms with Crippen molar-refractivity contribution in [1.29, 1.82) is 0 Å². The third-order valence-corrected chi connectivity index (χ3v) is 3.33. The fourth-order valence-electron chi connectivity index (χ4n) is 2.11. The molecule has 0 spiro atoms. The zero-order valence-electron chi connectivity index (χ0n) is 13.1. The van der Waals surface area contributed by atoms with Gasteiger partial charge in [0.2, 0.25) is 0 Å². The zero-order valence-corrected chi connectivity index (χ0v) is 13.1. The second-order valence-electron chi connectivity index (χ2n) is 5.48. The molecule has 0 fully saturated rings. The number of benzene rings is 1. The lowest BCUT2D eigenvalue weighted by atomic mass is 10.1. The van der Waals surface area contributed by atoms with Crippen molar-refractivity contribution in [3.8, 4) is 11.5 Å². The molecule has 1 aromatic carbocycles. The van der Waals surface area contributed by atoms with E-state index in [9.17, 15) is 9.50 Å². The van der Waals surface area contributed by atoms with Gasteiger partial charge in [-0.15, -0.1) is 0 Å².